The van der Waals surface area contributed by atoms with Gasteiger partial charge >= 0.3 is 0 Å². The van der Waals surface area contributed by atoms with Gasteiger partial charge in [-0.25, -0.2) is 8.42 Å². The highest BCUT2D eigenvalue weighted by Gasteiger charge is 2.31. The van der Waals surface area contributed by atoms with E-state index >= 15 is 0 Å². The van der Waals surface area contributed by atoms with E-state index in [2.05, 4.69) is 22.0 Å². The lowest BCUT2D eigenvalue weighted by Gasteiger charge is -2.36. The molecule has 1 aromatic heterocycles. The van der Waals surface area contributed by atoms with Crippen LogP contribution < -0.4 is 4.72 Å². The van der Waals surface area contributed by atoms with Crippen LogP contribution in [-0.2, 0) is 26.0 Å². The molecule has 1 aliphatic heterocycles. The van der Waals surface area contributed by atoms with Gasteiger partial charge in [0.15, 0.2) is 5.76 Å². The summed E-state index contributed by atoms with van der Waals surface area (Å²) in [5.74, 6) is -0.0641. The number of aromatic nitrogens is 1. The molecule has 1 aromatic carbocycles. The number of amides is 2. The van der Waals surface area contributed by atoms with E-state index in [0.29, 0.717) is 32.6 Å². The third-order valence-electron chi connectivity index (χ3n) is 5.58. The maximum Gasteiger partial charge on any atom is 0.246 e. The normalized spacial score (nSPS) is 15.6. The highest BCUT2D eigenvalue weighted by atomic mass is 32.2. The summed E-state index contributed by atoms with van der Waals surface area (Å²) in [5.41, 5.74) is 1.46. The molecule has 2 amide bonds. The van der Waals surface area contributed by atoms with Crippen LogP contribution in [0.1, 0.15) is 36.8 Å². The third kappa shape index (κ3) is 5.74. The number of nitrogens with zero attached hydrogens (tertiary/aromatic N) is 3. The summed E-state index contributed by atoms with van der Waals surface area (Å²) in [6.45, 7) is 6.20. The van der Waals surface area contributed by atoms with Crippen molar-refractivity contribution >= 4 is 21.8 Å². The Labute approximate surface area is 188 Å². The molecule has 1 N–H and O–H groups in total. The molecule has 0 saturated carbocycles. The van der Waals surface area contributed by atoms with Crippen LogP contribution in [0.15, 0.2) is 39.8 Å². The van der Waals surface area contributed by atoms with Crippen molar-refractivity contribution in [2.45, 2.75) is 51.0 Å². The fourth-order valence-electron chi connectivity index (χ4n) is 3.90. The zero-order chi connectivity index (χ0) is 23.3. The summed E-state index contributed by atoms with van der Waals surface area (Å²) in [6.07, 6.45) is 2.10. The Morgan fingerprint density at radius 1 is 1.09 bits per heavy atom. The van der Waals surface area contributed by atoms with Crippen LogP contribution >= 0.6 is 0 Å². The van der Waals surface area contributed by atoms with Crippen molar-refractivity contribution in [2.24, 2.45) is 0 Å². The van der Waals surface area contributed by atoms with E-state index in [1.807, 2.05) is 18.2 Å². The molecule has 1 atom stereocenters. The third-order valence-corrected chi connectivity index (χ3v) is 7.37. The number of hydrogen-bond acceptors (Lipinski definition) is 6. The molecule has 2 heterocycles. The second-order valence-electron chi connectivity index (χ2n) is 8.04. The molecule has 1 aliphatic rings. The van der Waals surface area contributed by atoms with Crippen LogP contribution in [-0.4, -0.2) is 67.4 Å². The molecular weight excluding hydrogens is 432 g/mol. The number of rotatable bonds is 8. The maximum absolute atomic E-state index is 12.8. The van der Waals surface area contributed by atoms with Crippen molar-refractivity contribution in [2.75, 3.05) is 26.2 Å². The zero-order valence-electron chi connectivity index (χ0n) is 18.7. The minimum Gasteiger partial charge on any atom is -0.360 e. The molecule has 0 spiro atoms. The summed E-state index contributed by atoms with van der Waals surface area (Å²) >= 11 is 0. The van der Waals surface area contributed by atoms with E-state index in [9.17, 15) is 18.0 Å². The zero-order valence-corrected chi connectivity index (χ0v) is 19.5. The number of carbonyl (C=O) groups is 2. The molecule has 32 heavy (non-hydrogen) atoms. The minimum absolute atomic E-state index is 0.0388. The topological polar surface area (TPSA) is 113 Å². The summed E-state index contributed by atoms with van der Waals surface area (Å²) in [6, 6.07) is 9.11. The molecule has 0 bridgehead atoms. The molecule has 0 aliphatic carbocycles. The van der Waals surface area contributed by atoms with E-state index in [1.54, 1.807) is 9.80 Å². The van der Waals surface area contributed by atoms with Gasteiger partial charge in [-0.1, -0.05) is 35.5 Å². The largest absolute Gasteiger partial charge is 0.360 e. The average Bonchev–Trinajstić information content (AvgIpc) is 3.12. The fraction of sp³-hybridized carbons (Fsp3) is 0.500. The van der Waals surface area contributed by atoms with E-state index in [0.717, 1.165) is 12.8 Å². The second-order valence-corrected chi connectivity index (χ2v) is 9.69. The Bertz CT molecular complexity index is 1020. The van der Waals surface area contributed by atoms with Gasteiger partial charge in [-0.05, 0) is 39.2 Å². The highest BCUT2D eigenvalue weighted by molar-refractivity contribution is 7.89. The summed E-state index contributed by atoms with van der Waals surface area (Å²) < 4.78 is 32.6. The standard InChI is InChI=1S/C22H30N4O5S/c1-16-21(18(3)31-23-16)32(29,30)24-17(2)22(28)26-14-12-25(13-15-26)20(27)11-7-10-19-8-5-4-6-9-19/h4-6,8-9,17,24H,7,10-15H2,1-3H3/t17-/m0/s1. The molecule has 3 rings (SSSR count). The first-order valence-electron chi connectivity index (χ1n) is 10.7. The van der Waals surface area contributed by atoms with Crippen LogP contribution in [0.2, 0.25) is 0 Å². The monoisotopic (exact) mass is 462 g/mol. The van der Waals surface area contributed by atoms with E-state index in [4.69, 9.17) is 4.52 Å². The Kier molecular flexibility index (Phi) is 7.68. The molecule has 10 heteroatoms. The van der Waals surface area contributed by atoms with Crippen molar-refractivity contribution in [1.29, 1.82) is 0 Å². The van der Waals surface area contributed by atoms with Gasteiger partial charge in [0.05, 0.1) is 6.04 Å². The summed E-state index contributed by atoms with van der Waals surface area (Å²) in [7, 11) is -3.94. The highest BCUT2D eigenvalue weighted by Crippen LogP contribution is 2.19. The van der Waals surface area contributed by atoms with E-state index < -0.39 is 16.1 Å². The maximum atomic E-state index is 12.8. The minimum atomic E-state index is -3.94. The Morgan fingerprint density at radius 3 is 2.31 bits per heavy atom. The van der Waals surface area contributed by atoms with Gasteiger partial charge in [-0.2, -0.15) is 4.72 Å². The quantitative estimate of drug-likeness (QED) is 0.638. The molecule has 1 saturated heterocycles. The predicted octanol–water partition coefficient (Wildman–Crippen LogP) is 1.65. The number of carbonyl (C=O) groups excluding carboxylic acids is 2. The summed E-state index contributed by atoms with van der Waals surface area (Å²) in [4.78, 5) is 28.6. The van der Waals surface area contributed by atoms with Crippen LogP contribution in [0.25, 0.3) is 0 Å². The number of piperazine rings is 1. The Morgan fingerprint density at radius 2 is 1.72 bits per heavy atom. The molecule has 0 radical (unpaired) electrons. The Hall–Kier alpha value is -2.72. The second kappa shape index (κ2) is 10.3. The average molecular weight is 463 g/mol. The first-order chi connectivity index (χ1) is 15.2. The predicted molar refractivity (Wildman–Crippen MR) is 118 cm³/mol. The van der Waals surface area contributed by atoms with E-state index in [1.165, 1.54) is 26.3 Å². The lowest BCUT2D eigenvalue weighted by atomic mass is 10.1. The number of sulfonamides is 1. The molecule has 1 fully saturated rings. The molecular formula is C22H30N4O5S. The van der Waals surface area contributed by atoms with Crippen molar-refractivity contribution < 1.29 is 22.5 Å². The van der Waals surface area contributed by atoms with Crippen molar-refractivity contribution in [3.8, 4) is 0 Å². The molecule has 174 valence electrons. The SMILES string of the molecule is Cc1noc(C)c1S(=O)(=O)N[C@@H](C)C(=O)N1CCN(C(=O)CCCc2ccccc2)CC1. The van der Waals surface area contributed by atoms with Crippen LogP contribution in [0.3, 0.4) is 0 Å². The van der Waals surface area contributed by atoms with Crippen molar-refractivity contribution in [1.82, 2.24) is 19.7 Å². The van der Waals surface area contributed by atoms with Gasteiger partial charge in [0, 0.05) is 32.6 Å². The molecule has 0 unspecified atom stereocenters. The van der Waals surface area contributed by atoms with Gasteiger partial charge in [0.2, 0.25) is 21.8 Å². The summed E-state index contributed by atoms with van der Waals surface area (Å²) in [5, 5.41) is 3.66. The van der Waals surface area contributed by atoms with Crippen LogP contribution in [0.5, 0.6) is 0 Å². The number of aryl methyl sites for hydroxylation is 3. The lowest BCUT2D eigenvalue weighted by Crippen LogP contribution is -2.55. The van der Waals surface area contributed by atoms with Gasteiger partial charge in [0.1, 0.15) is 10.6 Å². The smallest absolute Gasteiger partial charge is 0.246 e. The number of nitrogens with one attached hydrogen (secondary N) is 1. The number of hydrogen-bond donors (Lipinski definition) is 1. The fourth-order valence-corrected chi connectivity index (χ4v) is 5.42. The lowest BCUT2D eigenvalue weighted by molar-refractivity contribution is -0.140. The number of benzene rings is 1. The van der Waals surface area contributed by atoms with E-state index in [-0.39, 0.29) is 28.2 Å². The first-order valence-corrected chi connectivity index (χ1v) is 12.2. The van der Waals surface area contributed by atoms with Gasteiger partial charge < -0.3 is 14.3 Å². The molecule has 9 nitrogen and oxygen atoms in total. The van der Waals surface area contributed by atoms with Crippen LogP contribution in [0, 0.1) is 13.8 Å². The van der Waals surface area contributed by atoms with Crippen molar-refractivity contribution in [3.05, 3.63) is 47.3 Å². The van der Waals surface area contributed by atoms with Gasteiger partial charge in [-0.15, -0.1) is 0 Å². The van der Waals surface area contributed by atoms with Crippen molar-refractivity contribution in [3.63, 3.8) is 0 Å². The Balaban J connectivity index is 1.46. The van der Waals surface area contributed by atoms with Crippen LogP contribution in [0.4, 0.5) is 0 Å². The van der Waals surface area contributed by atoms with Gasteiger partial charge in [-0.3, -0.25) is 9.59 Å². The van der Waals surface area contributed by atoms with Gasteiger partial charge in [0.25, 0.3) is 0 Å². The molecule has 2 aromatic rings. The first kappa shape index (κ1) is 23.9.